The molecule has 2 N–H and O–H groups in total. The maximum Gasteiger partial charge on any atom is 0.311 e. The first kappa shape index (κ1) is 28.5. The summed E-state index contributed by atoms with van der Waals surface area (Å²) >= 11 is 0. The van der Waals surface area contributed by atoms with E-state index in [1.54, 1.807) is 34.8 Å². The Balaban J connectivity index is 2.35. The van der Waals surface area contributed by atoms with Crippen LogP contribution in [0.2, 0.25) is 0 Å². The van der Waals surface area contributed by atoms with E-state index >= 15 is 0 Å². The summed E-state index contributed by atoms with van der Waals surface area (Å²) in [6.07, 6.45) is -3.84. The molecule has 1 heterocycles. The van der Waals surface area contributed by atoms with Crippen LogP contribution in [-0.4, -0.2) is 77.9 Å². The Labute approximate surface area is 202 Å². The molecule has 1 aliphatic heterocycles. The zero-order chi connectivity index (χ0) is 25.7. The fourth-order valence-electron chi connectivity index (χ4n) is 3.64. The highest BCUT2D eigenvalue weighted by Gasteiger charge is 2.52. The van der Waals surface area contributed by atoms with E-state index in [-0.39, 0.29) is 13.2 Å². The van der Waals surface area contributed by atoms with Gasteiger partial charge in [-0.3, -0.25) is 4.79 Å². The van der Waals surface area contributed by atoms with Crippen LogP contribution in [0.4, 0.5) is 0 Å². The monoisotopic (exact) mass is 483 g/mol. The molecule has 1 aromatic carbocycles. The number of aliphatic hydroxyl groups is 1. The van der Waals surface area contributed by atoms with Crippen LogP contribution in [0.1, 0.15) is 54.0 Å². The van der Waals surface area contributed by atoms with E-state index in [4.69, 9.17) is 23.7 Å². The Morgan fingerprint density at radius 3 is 2.18 bits per heavy atom. The lowest BCUT2D eigenvalue weighted by molar-refractivity contribution is -0.335. The fourth-order valence-corrected chi connectivity index (χ4v) is 3.64. The van der Waals surface area contributed by atoms with Crippen molar-refractivity contribution in [3.05, 3.63) is 29.8 Å². The molecule has 9 nitrogen and oxygen atoms in total. The number of rotatable bonds is 9. The summed E-state index contributed by atoms with van der Waals surface area (Å²) < 4.78 is 28.6. The van der Waals surface area contributed by atoms with Gasteiger partial charge in [-0.15, -0.1) is 0 Å². The number of esters is 1. The molecule has 5 atom stereocenters. The van der Waals surface area contributed by atoms with E-state index in [1.807, 2.05) is 45.0 Å². The number of methoxy groups -OCH3 is 1. The minimum Gasteiger partial charge on any atom is -0.497 e. The topological polar surface area (TPSA) is 107 Å². The molecule has 0 aliphatic carbocycles. The average molecular weight is 484 g/mol. The molecule has 0 saturated carbocycles. The van der Waals surface area contributed by atoms with Gasteiger partial charge in [-0.25, -0.2) is 0 Å². The highest BCUT2D eigenvalue weighted by molar-refractivity contribution is 5.75. The number of carbonyl (C=O) groups excluding carboxylic acids is 1. The van der Waals surface area contributed by atoms with Crippen molar-refractivity contribution < 1.29 is 38.8 Å². The number of hydroxylamine groups is 2. The second kappa shape index (κ2) is 11.8. The summed E-state index contributed by atoms with van der Waals surface area (Å²) in [5, 5.41) is 23.0. The summed E-state index contributed by atoms with van der Waals surface area (Å²) in [5.74, 6) is 0.322. The quantitative estimate of drug-likeness (QED) is 0.405. The first-order chi connectivity index (χ1) is 15.8. The van der Waals surface area contributed by atoms with Gasteiger partial charge in [-0.05, 0) is 66.2 Å². The lowest BCUT2D eigenvalue weighted by Gasteiger charge is -2.49. The molecule has 1 saturated heterocycles. The Morgan fingerprint density at radius 1 is 1.06 bits per heavy atom. The first-order valence-corrected chi connectivity index (χ1v) is 11.6. The van der Waals surface area contributed by atoms with Gasteiger partial charge < -0.3 is 34.0 Å². The van der Waals surface area contributed by atoms with E-state index in [2.05, 4.69) is 0 Å². The van der Waals surface area contributed by atoms with Gasteiger partial charge in [0.15, 0.2) is 6.29 Å². The SMILES string of the molecule is CCO[C@H]1[C@H](N(O)C(C)(C)C)[C@H](OCc2ccc(OC)cc2)[C@@H](COC(=O)C(C)(C)C)O[C@@H]1O. The number of aliphatic hydroxyl groups excluding tert-OH is 1. The van der Waals surface area contributed by atoms with Crippen molar-refractivity contribution in [1.82, 2.24) is 5.06 Å². The van der Waals surface area contributed by atoms with Gasteiger partial charge in [0.1, 0.15) is 30.7 Å². The van der Waals surface area contributed by atoms with Crippen LogP contribution in [0.3, 0.4) is 0 Å². The second-order valence-corrected chi connectivity index (χ2v) is 10.5. The van der Waals surface area contributed by atoms with Crippen molar-refractivity contribution in [3.63, 3.8) is 0 Å². The van der Waals surface area contributed by atoms with Crippen molar-refractivity contribution in [3.8, 4) is 5.75 Å². The third-order valence-corrected chi connectivity index (χ3v) is 5.56. The van der Waals surface area contributed by atoms with Crippen LogP contribution in [0.25, 0.3) is 0 Å². The third kappa shape index (κ3) is 7.37. The van der Waals surface area contributed by atoms with E-state index < -0.39 is 47.6 Å². The zero-order valence-electron chi connectivity index (χ0n) is 21.6. The molecule has 1 fully saturated rings. The number of nitrogens with zero attached hydrogens (tertiary/aromatic N) is 1. The summed E-state index contributed by atoms with van der Waals surface area (Å²) in [6.45, 7) is 12.9. The molecule has 1 aliphatic rings. The molecule has 0 aromatic heterocycles. The maximum atomic E-state index is 12.4. The Hall–Kier alpha value is -1.75. The molecule has 0 bridgehead atoms. The van der Waals surface area contributed by atoms with Gasteiger partial charge in [0.05, 0.1) is 25.2 Å². The highest BCUT2D eigenvalue weighted by atomic mass is 16.7. The van der Waals surface area contributed by atoms with Gasteiger partial charge in [0.25, 0.3) is 0 Å². The lowest BCUT2D eigenvalue weighted by Crippen LogP contribution is -2.68. The first-order valence-electron chi connectivity index (χ1n) is 11.6. The number of carbonyl (C=O) groups is 1. The van der Waals surface area contributed by atoms with Crippen LogP contribution in [0, 0.1) is 5.41 Å². The van der Waals surface area contributed by atoms with Gasteiger partial charge in [0.2, 0.25) is 0 Å². The molecule has 0 amide bonds. The summed E-state index contributed by atoms with van der Waals surface area (Å²) in [5.41, 5.74) is -0.510. The zero-order valence-corrected chi connectivity index (χ0v) is 21.6. The van der Waals surface area contributed by atoms with Gasteiger partial charge >= 0.3 is 5.97 Å². The normalized spacial score (nSPS) is 25.9. The molecule has 0 spiro atoms. The largest absolute Gasteiger partial charge is 0.497 e. The van der Waals surface area contributed by atoms with Gasteiger partial charge in [-0.1, -0.05) is 12.1 Å². The fraction of sp³-hybridized carbons (Fsp3) is 0.720. The molecule has 194 valence electrons. The Bertz CT molecular complexity index is 771. The second-order valence-electron chi connectivity index (χ2n) is 10.5. The van der Waals surface area contributed by atoms with Crippen molar-refractivity contribution in [2.24, 2.45) is 5.41 Å². The molecule has 0 unspecified atom stereocenters. The standard InChI is InChI=1S/C25H41NO8/c1-9-31-21-19(26(29)25(5,6)7)20(32-14-16-10-12-17(30-8)13-11-16)18(34-22(21)27)15-33-23(28)24(2,3)4/h10-13,18-22,27,29H,9,14-15H2,1-8H3/t18-,19-,20-,21+,22+/m1/s1. The molecule has 1 aromatic rings. The number of hydrogen-bond donors (Lipinski definition) is 2. The Morgan fingerprint density at radius 2 is 1.68 bits per heavy atom. The van der Waals surface area contributed by atoms with Crippen molar-refractivity contribution in [1.29, 1.82) is 0 Å². The van der Waals surface area contributed by atoms with Crippen molar-refractivity contribution in [2.75, 3.05) is 20.3 Å². The molecule has 2 rings (SSSR count). The van der Waals surface area contributed by atoms with Crippen LogP contribution < -0.4 is 4.74 Å². The third-order valence-electron chi connectivity index (χ3n) is 5.56. The van der Waals surface area contributed by atoms with Gasteiger partial charge in [0, 0.05) is 12.1 Å². The summed E-state index contributed by atoms with van der Waals surface area (Å²) in [6, 6.07) is 6.62. The smallest absolute Gasteiger partial charge is 0.311 e. The molecule has 34 heavy (non-hydrogen) atoms. The van der Waals surface area contributed by atoms with E-state index in [9.17, 15) is 15.1 Å². The van der Waals surface area contributed by atoms with Crippen LogP contribution in [0.15, 0.2) is 24.3 Å². The highest BCUT2D eigenvalue weighted by Crippen LogP contribution is 2.32. The predicted octanol–water partition coefficient (Wildman–Crippen LogP) is 3.15. The van der Waals surface area contributed by atoms with Crippen LogP contribution in [-0.2, 0) is 30.3 Å². The van der Waals surface area contributed by atoms with Crippen LogP contribution in [0.5, 0.6) is 5.75 Å². The predicted molar refractivity (Wildman–Crippen MR) is 125 cm³/mol. The number of hydrogen-bond acceptors (Lipinski definition) is 9. The lowest BCUT2D eigenvalue weighted by atomic mass is 9.92. The van der Waals surface area contributed by atoms with E-state index in [1.165, 1.54) is 0 Å². The minimum atomic E-state index is -1.35. The van der Waals surface area contributed by atoms with Crippen LogP contribution >= 0.6 is 0 Å². The van der Waals surface area contributed by atoms with E-state index in [0.717, 1.165) is 16.4 Å². The van der Waals surface area contributed by atoms with Gasteiger partial charge in [-0.2, -0.15) is 5.06 Å². The van der Waals surface area contributed by atoms with E-state index in [0.29, 0.717) is 6.61 Å². The molecule has 0 radical (unpaired) electrons. The maximum absolute atomic E-state index is 12.4. The summed E-state index contributed by atoms with van der Waals surface area (Å²) in [4.78, 5) is 12.4. The molecular weight excluding hydrogens is 442 g/mol. The summed E-state index contributed by atoms with van der Waals surface area (Å²) in [7, 11) is 1.60. The molecular formula is C25H41NO8. The van der Waals surface area contributed by atoms with Crippen molar-refractivity contribution >= 4 is 5.97 Å². The number of benzene rings is 1. The average Bonchev–Trinajstić information content (AvgIpc) is 2.76. The minimum absolute atomic E-state index is 0.145. The Kier molecular flexibility index (Phi) is 9.88. The number of ether oxygens (including phenoxy) is 5. The van der Waals surface area contributed by atoms with Crippen molar-refractivity contribution in [2.45, 2.75) is 91.3 Å². The molecule has 9 heteroatoms.